The third kappa shape index (κ3) is 4.54. The molecule has 2 aromatic rings. The van der Waals surface area contributed by atoms with Crippen molar-refractivity contribution in [1.82, 2.24) is 4.90 Å². The highest BCUT2D eigenvalue weighted by Gasteiger charge is 2.21. The summed E-state index contributed by atoms with van der Waals surface area (Å²) >= 11 is 12.0. The van der Waals surface area contributed by atoms with Crippen molar-refractivity contribution in [2.24, 2.45) is 0 Å². The van der Waals surface area contributed by atoms with Crippen LogP contribution in [0, 0.1) is 0 Å². The number of rotatable bonds is 3. The van der Waals surface area contributed by atoms with E-state index in [2.05, 4.69) is 39.4 Å². The van der Waals surface area contributed by atoms with Crippen LogP contribution in [-0.4, -0.2) is 51.2 Å². The molecule has 1 aliphatic rings. The van der Waals surface area contributed by atoms with Crippen molar-refractivity contribution in [3.8, 4) is 0 Å². The van der Waals surface area contributed by atoms with Crippen molar-refractivity contribution in [1.29, 1.82) is 0 Å². The molecule has 0 aromatic heterocycles. The third-order valence-electron chi connectivity index (χ3n) is 4.41. The van der Waals surface area contributed by atoms with Gasteiger partial charge in [-0.25, -0.2) is 4.79 Å². The molecular formula is C19H22Cl2N4O. The number of nitrogens with one attached hydrogen (secondary N) is 1. The second-order valence-electron chi connectivity index (χ2n) is 6.47. The maximum Gasteiger partial charge on any atom is 0.321 e. The Labute approximate surface area is 164 Å². The molecule has 5 nitrogen and oxygen atoms in total. The molecule has 0 aliphatic carbocycles. The molecule has 1 heterocycles. The SMILES string of the molecule is CN(C)c1ccc(N2CCN(C(=O)Nc3cc(Cl)cc(Cl)c3)CC2)cc1. The Hall–Kier alpha value is -2.11. The molecule has 2 aromatic carbocycles. The summed E-state index contributed by atoms with van der Waals surface area (Å²) in [7, 11) is 4.05. The summed E-state index contributed by atoms with van der Waals surface area (Å²) in [6, 6.07) is 13.3. The molecule has 0 bridgehead atoms. The number of urea groups is 1. The normalized spacial score (nSPS) is 14.3. The number of amides is 2. The zero-order valence-electron chi connectivity index (χ0n) is 14.9. The first-order valence-electron chi connectivity index (χ1n) is 8.47. The summed E-state index contributed by atoms with van der Waals surface area (Å²) in [5.74, 6) is 0. The smallest absolute Gasteiger partial charge is 0.321 e. The van der Waals surface area contributed by atoms with Crippen molar-refractivity contribution in [2.45, 2.75) is 0 Å². The van der Waals surface area contributed by atoms with Crippen LogP contribution in [0.15, 0.2) is 42.5 Å². The van der Waals surface area contributed by atoms with E-state index in [1.807, 2.05) is 14.1 Å². The van der Waals surface area contributed by atoms with Gasteiger partial charge in [0.05, 0.1) is 0 Å². The molecule has 1 aliphatic heterocycles. The fraction of sp³-hybridized carbons (Fsp3) is 0.316. The van der Waals surface area contributed by atoms with Crippen LogP contribution >= 0.6 is 23.2 Å². The molecule has 0 radical (unpaired) electrons. The predicted molar refractivity (Wildman–Crippen MR) is 110 cm³/mol. The van der Waals surface area contributed by atoms with Gasteiger partial charge in [-0.2, -0.15) is 0 Å². The summed E-state index contributed by atoms with van der Waals surface area (Å²) in [6.45, 7) is 2.92. The lowest BCUT2D eigenvalue weighted by molar-refractivity contribution is 0.208. The number of piperazine rings is 1. The van der Waals surface area contributed by atoms with Crippen LogP contribution in [0.5, 0.6) is 0 Å². The van der Waals surface area contributed by atoms with E-state index in [-0.39, 0.29) is 6.03 Å². The molecule has 26 heavy (non-hydrogen) atoms. The number of halogens is 2. The Balaban J connectivity index is 1.56. The summed E-state index contributed by atoms with van der Waals surface area (Å²) in [4.78, 5) is 18.6. The topological polar surface area (TPSA) is 38.8 Å². The lowest BCUT2D eigenvalue weighted by Crippen LogP contribution is -2.50. The minimum atomic E-state index is -0.133. The van der Waals surface area contributed by atoms with Crippen LogP contribution in [0.3, 0.4) is 0 Å². The molecular weight excluding hydrogens is 371 g/mol. The van der Waals surface area contributed by atoms with Gasteiger partial charge in [-0.15, -0.1) is 0 Å². The van der Waals surface area contributed by atoms with Crippen LogP contribution in [0.1, 0.15) is 0 Å². The first kappa shape index (κ1) is 18.7. The van der Waals surface area contributed by atoms with Crippen molar-refractivity contribution < 1.29 is 4.79 Å². The van der Waals surface area contributed by atoms with E-state index >= 15 is 0 Å². The van der Waals surface area contributed by atoms with Crippen molar-refractivity contribution in [3.05, 3.63) is 52.5 Å². The standard InChI is InChI=1S/C19H22Cl2N4O/c1-23(2)17-3-5-18(6-4-17)24-7-9-25(10-8-24)19(26)22-16-12-14(20)11-15(21)13-16/h3-6,11-13H,7-10H2,1-2H3,(H,22,26). The van der Waals surface area contributed by atoms with Crippen LogP contribution in [-0.2, 0) is 0 Å². The molecule has 7 heteroatoms. The highest BCUT2D eigenvalue weighted by Crippen LogP contribution is 2.24. The number of nitrogens with zero attached hydrogens (tertiary/aromatic N) is 3. The maximum atomic E-state index is 12.5. The van der Waals surface area contributed by atoms with Crippen molar-refractivity contribution in [2.75, 3.05) is 55.4 Å². The quantitative estimate of drug-likeness (QED) is 0.840. The van der Waals surface area contributed by atoms with E-state index in [4.69, 9.17) is 23.2 Å². The van der Waals surface area contributed by atoms with Gasteiger partial charge < -0.3 is 20.0 Å². The summed E-state index contributed by atoms with van der Waals surface area (Å²) in [5.41, 5.74) is 2.96. The second-order valence-corrected chi connectivity index (χ2v) is 7.35. The molecule has 0 spiro atoms. The van der Waals surface area contributed by atoms with Crippen LogP contribution < -0.4 is 15.1 Å². The van der Waals surface area contributed by atoms with Gasteiger partial charge in [0, 0.05) is 67.4 Å². The summed E-state index contributed by atoms with van der Waals surface area (Å²) in [6.07, 6.45) is 0. The van der Waals surface area contributed by atoms with Crippen molar-refractivity contribution >= 4 is 46.3 Å². The molecule has 2 amide bonds. The third-order valence-corrected chi connectivity index (χ3v) is 4.85. The lowest BCUT2D eigenvalue weighted by atomic mass is 10.2. The number of hydrogen-bond donors (Lipinski definition) is 1. The van der Waals surface area contributed by atoms with Gasteiger partial charge in [-0.05, 0) is 42.5 Å². The van der Waals surface area contributed by atoms with Crippen LogP contribution in [0.25, 0.3) is 0 Å². The molecule has 1 saturated heterocycles. The Kier molecular flexibility index (Phi) is 5.79. The van der Waals surface area contributed by atoms with E-state index in [9.17, 15) is 4.79 Å². The average Bonchev–Trinajstić information content (AvgIpc) is 2.61. The van der Waals surface area contributed by atoms with E-state index < -0.39 is 0 Å². The van der Waals surface area contributed by atoms with E-state index in [1.54, 1.807) is 23.1 Å². The van der Waals surface area contributed by atoms with Gasteiger partial charge in [0.15, 0.2) is 0 Å². The highest BCUT2D eigenvalue weighted by atomic mass is 35.5. The largest absolute Gasteiger partial charge is 0.378 e. The van der Waals surface area contributed by atoms with Gasteiger partial charge >= 0.3 is 6.03 Å². The Morgan fingerprint density at radius 3 is 2.08 bits per heavy atom. The van der Waals surface area contributed by atoms with Gasteiger partial charge in [0.25, 0.3) is 0 Å². The number of hydrogen-bond acceptors (Lipinski definition) is 3. The molecule has 0 atom stereocenters. The molecule has 0 saturated carbocycles. The zero-order valence-corrected chi connectivity index (χ0v) is 16.4. The van der Waals surface area contributed by atoms with Gasteiger partial charge in [-0.3, -0.25) is 0 Å². The first-order valence-corrected chi connectivity index (χ1v) is 9.22. The summed E-state index contributed by atoms with van der Waals surface area (Å²) in [5, 5.41) is 3.86. The minimum absolute atomic E-state index is 0.133. The maximum absolute atomic E-state index is 12.5. The van der Waals surface area contributed by atoms with E-state index in [1.165, 1.54) is 11.4 Å². The minimum Gasteiger partial charge on any atom is -0.378 e. The van der Waals surface area contributed by atoms with Crippen LogP contribution in [0.2, 0.25) is 10.0 Å². The van der Waals surface area contributed by atoms with E-state index in [0.717, 1.165) is 13.1 Å². The van der Waals surface area contributed by atoms with Gasteiger partial charge in [0.2, 0.25) is 0 Å². The second kappa shape index (κ2) is 8.06. The predicted octanol–water partition coefficient (Wildman–Crippen LogP) is 4.41. The fourth-order valence-corrected chi connectivity index (χ4v) is 3.48. The molecule has 0 unspecified atom stereocenters. The zero-order chi connectivity index (χ0) is 18.7. The lowest BCUT2D eigenvalue weighted by Gasteiger charge is -2.36. The van der Waals surface area contributed by atoms with E-state index in [0.29, 0.717) is 28.8 Å². The average molecular weight is 393 g/mol. The monoisotopic (exact) mass is 392 g/mol. The highest BCUT2D eigenvalue weighted by molar-refractivity contribution is 6.35. The van der Waals surface area contributed by atoms with Gasteiger partial charge in [0.1, 0.15) is 0 Å². The molecule has 3 rings (SSSR count). The number of benzene rings is 2. The Bertz CT molecular complexity index is 751. The van der Waals surface area contributed by atoms with Gasteiger partial charge in [-0.1, -0.05) is 23.2 Å². The molecule has 1 fully saturated rings. The first-order chi connectivity index (χ1) is 12.4. The Morgan fingerprint density at radius 2 is 1.54 bits per heavy atom. The number of anilines is 3. The molecule has 1 N–H and O–H groups in total. The fourth-order valence-electron chi connectivity index (χ4n) is 2.96. The molecule has 138 valence electrons. The number of carbonyl (C=O) groups is 1. The Morgan fingerprint density at radius 1 is 0.962 bits per heavy atom. The summed E-state index contributed by atoms with van der Waals surface area (Å²) < 4.78 is 0. The van der Waals surface area contributed by atoms with Crippen LogP contribution in [0.4, 0.5) is 21.9 Å². The van der Waals surface area contributed by atoms with Crippen molar-refractivity contribution in [3.63, 3.8) is 0 Å². The number of carbonyl (C=O) groups excluding carboxylic acids is 1.